The molecule has 0 saturated carbocycles. The molecule has 0 saturated heterocycles. The highest BCUT2D eigenvalue weighted by atomic mass is 35.5. The number of aliphatic hydroxyl groups is 1. The minimum atomic E-state index is -3.95. The Morgan fingerprint density at radius 3 is 2.28 bits per heavy atom. The molecule has 3 atom stereocenters. The molecule has 3 amide bonds. The molecule has 0 fully saturated rings. The van der Waals surface area contributed by atoms with Crippen LogP contribution in [0.5, 0.6) is 17.2 Å². The number of urea groups is 1. The van der Waals surface area contributed by atoms with Gasteiger partial charge in [-0.15, -0.1) is 0 Å². The normalized spacial score (nSPS) is 17.1. The number of nitrogens with zero attached hydrogens (tertiary/aromatic N) is 2. The van der Waals surface area contributed by atoms with Crippen LogP contribution < -0.4 is 20.1 Å². The van der Waals surface area contributed by atoms with Crippen molar-refractivity contribution < 1.29 is 32.6 Å². The molecule has 0 bridgehead atoms. The van der Waals surface area contributed by atoms with Crippen molar-refractivity contribution >= 4 is 56.5 Å². The standard InChI is InChI=1S/C36H38Cl2N4O7S/c1-23-20-42(24(2)22-43)35(44)18-25-17-26(39-36(45)40-27-9-15-31(37)32(38)19-27)10-16-33(25)49-34(23)21-41(3)50(46,47)30-13-11-29(12-14-30)48-28-7-5-4-6-8-28/h4-17,19,23-24,34,43H,18,20-22H2,1-3H3,(H2,39,40,45)/t23-,24-,34-/m0/s1. The van der Waals surface area contributed by atoms with Gasteiger partial charge in [0, 0.05) is 36.4 Å². The molecular weight excluding hydrogens is 703 g/mol. The number of fused-ring (bicyclic) bond motifs is 1. The first kappa shape index (κ1) is 36.9. The highest BCUT2D eigenvalue weighted by Crippen LogP contribution is 2.31. The Bertz CT molecular complexity index is 1930. The summed E-state index contributed by atoms with van der Waals surface area (Å²) in [6.45, 7) is 3.54. The predicted molar refractivity (Wildman–Crippen MR) is 194 cm³/mol. The van der Waals surface area contributed by atoms with Gasteiger partial charge in [-0.25, -0.2) is 13.2 Å². The fourth-order valence-corrected chi connectivity index (χ4v) is 6.91. The lowest BCUT2D eigenvalue weighted by molar-refractivity contribution is -0.134. The van der Waals surface area contributed by atoms with Gasteiger partial charge in [0.05, 0.1) is 40.6 Å². The van der Waals surface area contributed by atoms with Crippen LogP contribution in [0, 0.1) is 5.92 Å². The summed E-state index contributed by atoms with van der Waals surface area (Å²) in [7, 11) is -2.47. The molecule has 0 aliphatic carbocycles. The minimum absolute atomic E-state index is 0.0349. The van der Waals surface area contributed by atoms with E-state index in [1.807, 2.05) is 25.1 Å². The van der Waals surface area contributed by atoms with Gasteiger partial charge in [-0.3, -0.25) is 4.79 Å². The number of carbonyl (C=O) groups is 2. The molecule has 3 N–H and O–H groups in total. The Labute approximate surface area is 301 Å². The highest BCUT2D eigenvalue weighted by Gasteiger charge is 2.33. The second kappa shape index (κ2) is 16.1. The molecule has 0 radical (unpaired) electrons. The van der Waals surface area contributed by atoms with Gasteiger partial charge >= 0.3 is 6.03 Å². The molecule has 1 heterocycles. The lowest BCUT2D eigenvalue weighted by atomic mass is 10.0. The molecule has 264 valence electrons. The molecule has 4 aromatic rings. The smallest absolute Gasteiger partial charge is 0.323 e. The summed E-state index contributed by atoms with van der Waals surface area (Å²) < 4.78 is 40.9. The van der Waals surface area contributed by atoms with Gasteiger partial charge in [0.1, 0.15) is 23.4 Å². The summed E-state index contributed by atoms with van der Waals surface area (Å²) in [6.07, 6.45) is -0.764. The molecule has 50 heavy (non-hydrogen) atoms. The van der Waals surface area contributed by atoms with Crippen molar-refractivity contribution in [3.05, 3.63) is 107 Å². The Hall–Kier alpha value is -4.33. The van der Waals surface area contributed by atoms with E-state index in [-0.39, 0.29) is 47.9 Å². The second-order valence-corrected chi connectivity index (χ2v) is 14.9. The lowest BCUT2D eigenvalue weighted by Gasteiger charge is -2.33. The first-order valence-corrected chi connectivity index (χ1v) is 18.1. The fourth-order valence-electron chi connectivity index (χ4n) is 5.43. The fraction of sp³-hybridized carbons (Fsp3) is 0.278. The van der Waals surface area contributed by atoms with Crippen LogP contribution >= 0.6 is 23.2 Å². The number of likely N-dealkylation sites (N-methyl/N-ethyl adjacent to an activating group) is 1. The van der Waals surface area contributed by atoms with Crippen LogP contribution in [0.2, 0.25) is 10.0 Å². The number of sulfonamides is 1. The summed E-state index contributed by atoms with van der Waals surface area (Å²) in [4.78, 5) is 28.1. The number of halogens is 2. The molecule has 11 nitrogen and oxygen atoms in total. The van der Waals surface area contributed by atoms with E-state index in [2.05, 4.69) is 10.6 Å². The number of para-hydroxylation sites is 1. The number of aliphatic hydroxyl groups excluding tert-OH is 1. The van der Waals surface area contributed by atoms with Crippen molar-refractivity contribution in [3.8, 4) is 17.2 Å². The van der Waals surface area contributed by atoms with Crippen LogP contribution in [0.15, 0.2) is 95.9 Å². The first-order chi connectivity index (χ1) is 23.8. The van der Waals surface area contributed by atoms with Gasteiger partial charge in [-0.05, 0) is 79.7 Å². The van der Waals surface area contributed by atoms with Gasteiger partial charge < -0.3 is 30.1 Å². The molecule has 0 unspecified atom stereocenters. The Balaban J connectivity index is 1.36. The number of nitrogens with one attached hydrogen (secondary N) is 2. The quantitative estimate of drug-likeness (QED) is 0.161. The Morgan fingerprint density at radius 2 is 1.62 bits per heavy atom. The summed E-state index contributed by atoms with van der Waals surface area (Å²) in [5.41, 5.74) is 1.30. The monoisotopic (exact) mass is 740 g/mol. The molecular formula is C36H38Cl2N4O7S. The summed E-state index contributed by atoms with van der Waals surface area (Å²) in [5, 5.41) is 16.0. The van der Waals surface area contributed by atoms with Crippen LogP contribution in [0.4, 0.5) is 16.2 Å². The molecule has 1 aliphatic heterocycles. The number of hydrogen-bond donors (Lipinski definition) is 3. The van der Waals surface area contributed by atoms with Crippen LogP contribution in [-0.4, -0.2) is 73.6 Å². The lowest BCUT2D eigenvalue weighted by Crippen LogP contribution is -2.48. The molecule has 5 rings (SSSR count). The summed E-state index contributed by atoms with van der Waals surface area (Å²) in [5.74, 6) is 0.904. The number of rotatable bonds is 10. The number of ether oxygens (including phenoxy) is 2. The third-order valence-corrected chi connectivity index (χ3v) is 10.9. The van der Waals surface area contributed by atoms with Gasteiger partial charge in [0.2, 0.25) is 15.9 Å². The van der Waals surface area contributed by atoms with E-state index < -0.39 is 28.2 Å². The van der Waals surface area contributed by atoms with Crippen molar-refractivity contribution in [2.75, 3.05) is 37.4 Å². The van der Waals surface area contributed by atoms with Gasteiger partial charge in [0.25, 0.3) is 0 Å². The predicted octanol–water partition coefficient (Wildman–Crippen LogP) is 6.90. The molecule has 4 aromatic carbocycles. The number of hydrogen-bond acceptors (Lipinski definition) is 7. The van der Waals surface area contributed by atoms with Crippen molar-refractivity contribution in [1.82, 2.24) is 9.21 Å². The van der Waals surface area contributed by atoms with Crippen molar-refractivity contribution in [2.24, 2.45) is 5.92 Å². The highest BCUT2D eigenvalue weighted by molar-refractivity contribution is 7.89. The van der Waals surface area contributed by atoms with E-state index in [1.165, 1.54) is 29.6 Å². The number of carbonyl (C=O) groups excluding carboxylic acids is 2. The maximum Gasteiger partial charge on any atom is 0.323 e. The third kappa shape index (κ3) is 9.06. The van der Waals surface area contributed by atoms with E-state index >= 15 is 0 Å². The third-order valence-electron chi connectivity index (χ3n) is 8.30. The maximum atomic E-state index is 13.7. The second-order valence-electron chi connectivity index (χ2n) is 12.1. The van der Waals surface area contributed by atoms with Crippen LogP contribution in [0.1, 0.15) is 19.4 Å². The van der Waals surface area contributed by atoms with Crippen molar-refractivity contribution in [2.45, 2.75) is 37.3 Å². The van der Waals surface area contributed by atoms with Gasteiger partial charge in [-0.1, -0.05) is 48.3 Å². The Morgan fingerprint density at radius 1 is 0.980 bits per heavy atom. The summed E-state index contributed by atoms with van der Waals surface area (Å²) in [6, 6.07) is 23.9. The van der Waals surface area contributed by atoms with Crippen LogP contribution in [0.3, 0.4) is 0 Å². The number of anilines is 2. The molecule has 14 heteroatoms. The van der Waals surface area contributed by atoms with E-state index in [0.717, 1.165) is 0 Å². The van der Waals surface area contributed by atoms with Crippen molar-refractivity contribution in [1.29, 1.82) is 0 Å². The SMILES string of the molecule is C[C@H]1CN([C@@H](C)CO)C(=O)Cc2cc(NC(=O)Nc3ccc(Cl)c(Cl)c3)ccc2O[C@H]1CN(C)S(=O)(=O)c1ccc(Oc2ccccc2)cc1. The van der Waals surface area contributed by atoms with Gasteiger partial charge in [0.15, 0.2) is 0 Å². The zero-order chi connectivity index (χ0) is 36.0. The number of amides is 3. The zero-order valence-corrected chi connectivity index (χ0v) is 30.0. The zero-order valence-electron chi connectivity index (χ0n) is 27.7. The van der Waals surface area contributed by atoms with Crippen LogP contribution in [-0.2, 0) is 21.2 Å². The Kier molecular flexibility index (Phi) is 11.9. The maximum absolute atomic E-state index is 13.7. The molecule has 1 aliphatic rings. The molecule has 0 spiro atoms. The van der Waals surface area contributed by atoms with Gasteiger partial charge in [-0.2, -0.15) is 4.31 Å². The largest absolute Gasteiger partial charge is 0.488 e. The molecule has 0 aromatic heterocycles. The summed E-state index contributed by atoms with van der Waals surface area (Å²) >= 11 is 12.0. The number of benzene rings is 4. The topological polar surface area (TPSA) is 138 Å². The van der Waals surface area contributed by atoms with Crippen molar-refractivity contribution in [3.63, 3.8) is 0 Å². The average molecular weight is 742 g/mol. The van der Waals surface area contributed by atoms with E-state index in [9.17, 15) is 23.1 Å². The first-order valence-electron chi connectivity index (χ1n) is 15.9. The minimum Gasteiger partial charge on any atom is -0.488 e. The van der Waals surface area contributed by atoms with Crippen LogP contribution in [0.25, 0.3) is 0 Å². The van der Waals surface area contributed by atoms with E-state index in [1.54, 1.807) is 66.4 Å². The van der Waals surface area contributed by atoms with E-state index in [0.29, 0.717) is 39.2 Å². The van der Waals surface area contributed by atoms with E-state index in [4.69, 9.17) is 32.7 Å². The average Bonchev–Trinajstić information content (AvgIpc) is 3.13.